The molecule has 0 aliphatic rings. The van der Waals surface area contributed by atoms with Crippen LogP contribution in [0.15, 0.2) is 24.3 Å². The zero-order chi connectivity index (χ0) is 15.1. The van der Waals surface area contributed by atoms with Crippen molar-refractivity contribution in [2.45, 2.75) is 0 Å². The van der Waals surface area contributed by atoms with E-state index in [4.69, 9.17) is 21.7 Å². The van der Waals surface area contributed by atoms with Gasteiger partial charge in [0.05, 0.1) is 18.9 Å². The third kappa shape index (κ3) is 4.45. The maximum absolute atomic E-state index is 11.7. The summed E-state index contributed by atoms with van der Waals surface area (Å²) in [5.41, 5.74) is 1.35. The first-order valence-electron chi connectivity index (χ1n) is 6.18. The Morgan fingerprint density at radius 1 is 1.48 bits per heavy atom. The average molecular weight is 309 g/mol. The molecule has 0 saturated carbocycles. The number of nitrogens with one attached hydrogen (secondary N) is 2. The number of aromatic nitrogens is 4. The summed E-state index contributed by atoms with van der Waals surface area (Å²) in [5, 5.41) is 12.7. The molecule has 1 heterocycles. The molecule has 1 aromatic carbocycles. The van der Waals surface area contributed by atoms with Crippen LogP contribution in [-0.2, 0) is 14.3 Å². The van der Waals surface area contributed by atoms with Crippen molar-refractivity contribution >= 4 is 23.8 Å². The lowest BCUT2D eigenvalue weighted by Gasteiger charge is -2.08. The normalized spacial score (nSPS) is 10.5. The first-order chi connectivity index (χ1) is 10.2. The van der Waals surface area contributed by atoms with Crippen LogP contribution in [0.1, 0.15) is 0 Å². The molecule has 2 N–H and O–H groups in total. The molecule has 0 aliphatic carbocycles. The van der Waals surface area contributed by atoms with Crippen molar-refractivity contribution in [3.05, 3.63) is 29.0 Å². The summed E-state index contributed by atoms with van der Waals surface area (Å²) in [4.78, 5) is 11.7. The summed E-state index contributed by atoms with van der Waals surface area (Å²) in [6, 6.07) is 7.13. The van der Waals surface area contributed by atoms with E-state index < -0.39 is 0 Å². The van der Waals surface area contributed by atoms with Crippen molar-refractivity contribution < 1.29 is 14.3 Å². The minimum Gasteiger partial charge on any atom is -0.382 e. The summed E-state index contributed by atoms with van der Waals surface area (Å²) in [6.45, 7) is 0.797. The van der Waals surface area contributed by atoms with E-state index in [9.17, 15) is 4.79 Å². The van der Waals surface area contributed by atoms with E-state index in [0.717, 1.165) is 5.69 Å². The van der Waals surface area contributed by atoms with Gasteiger partial charge in [0, 0.05) is 12.8 Å². The number of hydrogen-bond acceptors (Lipinski definition) is 6. The zero-order valence-corrected chi connectivity index (χ0v) is 12.2. The fourth-order valence-corrected chi connectivity index (χ4v) is 1.78. The second kappa shape index (κ2) is 7.62. The number of ether oxygens (including phenoxy) is 2. The topological polar surface area (TPSA) is 94.1 Å². The van der Waals surface area contributed by atoms with Gasteiger partial charge in [0.1, 0.15) is 6.61 Å². The number of nitrogens with zero attached hydrogens (tertiary/aromatic N) is 3. The van der Waals surface area contributed by atoms with E-state index in [0.29, 0.717) is 23.7 Å². The Morgan fingerprint density at radius 3 is 3.05 bits per heavy atom. The number of methoxy groups -OCH3 is 1. The molecule has 0 spiro atoms. The van der Waals surface area contributed by atoms with Crippen molar-refractivity contribution in [2.24, 2.45) is 0 Å². The molecule has 1 aromatic heterocycles. The molecule has 0 bridgehead atoms. The van der Waals surface area contributed by atoms with Gasteiger partial charge >= 0.3 is 0 Å². The van der Waals surface area contributed by atoms with Crippen molar-refractivity contribution in [1.82, 2.24) is 20.2 Å². The molecule has 9 heteroatoms. The van der Waals surface area contributed by atoms with Crippen LogP contribution in [0.2, 0.25) is 0 Å². The molecule has 2 rings (SSSR count). The molecular weight excluding hydrogens is 294 g/mol. The van der Waals surface area contributed by atoms with Crippen LogP contribution in [0.4, 0.5) is 5.69 Å². The number of benzene rings is 1. The quantitative estimate of drug-likeness (QED) is 0.583. The second-order valence-electron chi connectivity index (χ2n) is 4.06. The Hall–Kier alpha value is -2.10. The minimum atomic E-state index is -0.241. The number of aromatic amines is 1. The van der Waals surface area contributed by atoms with Crippen LogP contribution in [0.25, 0.3) is 5.69 Å². The van der Waals surface area contributed by atoms with Gasteiger partial charge in [0.25, 0.3) is 0 Å². The van der Waals surface area contributed by atoms with Gasteiger partial charge in [0.2, 0.25) is 10.7 Å². The SMILES string of the molecule is COCCOCC(=O)Nc1cccc(-n2[nH]nnc2=S)c1. The highest BCUT2D eigenvalue weighted by Gasteiger charge is 2.05. The number of carbonyl (C=O) groups excluding carboxylic acids is 1. The van der Waals surface area contributed by atoms with Crippen LogP contribution >= 0.6 is 12.2 Å². The Morgan fingerprint density at radius 2 is 2.33 bits per heavy atom. The molecular formula is C12H15N5O3S. The molecule has 21 heavy (non-hydrogen) atoms. The van der Waals surface area contributed by atoms with Gasteiger partial charge in [-0.2, -0.15) is 5.21 Å². The van der Waals surface area contributed by atoms with Crippen LogP contribution in [0, 0.1) is 4.77 Å². The molecule has 1 amide bonds. The van der Waals surface area contributed by atoms with Crippen molar-refractivity contribution in [1.29, 1.82) is 0 Å². The number of carbonyl (C=O) groups is 1. The first kappa shape index (κ1) is 15.3. The van der Waals surface area contributed by atoms with Crippen LogP contribution in [-0.4, -0.2) is 53.0 Å². The maximum Gasteiger partial charge on any atom is 0.250 e. The van der Waals surface area contributed by atoms with E-state index in [-0.39, 0.29) is 12.5 Å². The third-order valence-corrected chi connectivity index (χ3v) is 2.79. The van der Waals surface area contributed by atoms with Crippen molar-refractivity contribution in [2.75, 3.05) is 32.2 Å². The van der Waals surface area contributed by atoms with Crippen LogP contribution in [0.3, 0.4) is 0 Å². The highest BCUT2D eigenvalue weighted by molar-refractivity contribution is 7.71. The lowest BCUT2D eigenvalue weighted by Crippen LogP contribution is -2.19. The molecule has 0 fully saturated rings. The summed E-state index contributed by atoms with van der Waals surface area (Å²) < 4.78 is 11.8. The molecule has 0 radical (unpaired) electrons. The van der Waals surface area contributed by atoms with Gasteiger partial charge in [-0.05, 0) is 30.4 Å². The Kier molecular flexibility index (Phi) is 5.55. The number of rotatable bonds is 7. The van der Waals surface area contributed by atoms with Gasteiger partial charge < -0.3 is 14.8 Å². The molecule has 0 saturated heterocycles. The average Bonchev–Trinajstić information content (AvgIpc) is 2.90. The number of H-pyrrole nitrogens is 1. The van der Waals surface area contributed by atoms with Gasteiger partial charge in [-0.25, -0.2) is 4.68 Å². The van der Waals surface area contributed by atoms with Gasteiger partial charge in [-0.1, -0.05) is 16.4 Å². The Bertz CT molecular complexity index is 654. The number of anilines is 1. The van der Waals surface area contributed by atoms with E-state index in [1.165, 1.54) is 4.68 Å². The highest BCUT2D eigenvalue weighted by atomic mass is 32.1. The zero-order valence-electron chi connectivity index (χ0n) is 11.4. The highest BCUT2D eigenvalue weighted by Crippen LogP contribution is 2.13. The van der Waals surface area contributed by atoms with Gasteiger partial charge in [-0.3, -0.25) is 4.79 Å². The van der Waals surface area contributed by atoms with E-state index >= 15 is 0 Å². The lowest BCUT2D eigenvalue weighted by molar-refractivity contribution is -0.121. The summed E-state index contributed by atoms with van der Waals surface area (Å²) in [6.07, 6.45) is 0. The predicted molar refractivity (Wildman–Crippen MR) is 77.9 cm³/mol. The number of hydrogen-bond donors (Lipinski definition) is 2. The summed E-state index contributed by atoms with van der Waals surface area (Å²) >= 11 is 5.02. The molecule has 112 valence electrons. The molecule has 0 unspecified atom stereocenters. The monoisotopic (exact) mass is 309 g/mol. The first-order valence-corrected chi connectivity index (χ1v) is 6.58. The third-order valence-electron chi connectivity index (χ3n) is 2.52. The fourth-order valence-electron chi connectivity index (χ4n) is 1.59. The smallest absolute Gasteiger partial charge is 0.250 e. The standard InChI is InChI=1S/C12H15N5O3S/c1-19-5-6-20-8-11(18)13-9-3-2-4-10(7-9)17-12(21)14-15-16-17/h2-4,7H,5-6,8H2,1H3,(H,13,18)(H,14,16,21). The molecule has 0 atom stereocenters. The van der Waals surface area contributed by atoms with E-state index in [1.807, 2.05) is 6.07 Å². The number of tetrazole rings is 1. The molecule has 2 aromatic rings. The van der Waals surface area contributed by atoms with Gasteiger partial charge in [0.15, 0.2) is 0 Å². The Balaban J connectivity index is 1.97. The largest absolute Gasteiger partial charge is 0.382 e. The maximum atomic E-state index is 11.7. The van der Waals surface area contributed by atoms with Crippen LogP contribution < -0.4 is 5.32 Å². The van der Waals surface area contributed by atoms with E-state index in [1.54, 1.807) is 25.3 Å². The van der Waals surface area contributed by atoms with Crippen LogP contribution in [0.5, 0.6) is 0 Å². The lowest BCUT2D eigenvalue weighted by atomic mass is 10.3. The minimum absolute atomic E-state index is 0.0291. The molecule has 8 nitrogen and oxygen atoms in total. The second-order valence-corrected chi connectivity index (χ2v) is 4.43. The van der Waals surface area contributed by atoms with Crippen molar-refractivity contribution in [3.63, 3.8) is 0 Å². The van der Waals surface area contributed by atoms with E-state index in [2.05, 4.69) is 20.8 Å². The van der Waals surface area contributed by atoms with Gasteiger partial charge in [-0.15, -0.1) is 0 Å². The fraction of sp³-hybridized carbons (Fsp3) is 0.333. The summed E-state index contributed by atoms with van der Waals surface area (Å²) in [7, 11) is 1.57. The Labute approximate surface area is 126 Å². The van der Waals surface area contributed by atoms with Crippen molar-refractivity contribution in [3.8, 4) is 5.69 Å². The summed E-state index contributed by atoms with van der Waals surface area (Å²) in [5.74, 6) is -0.241. The molecule has 0 aliphatic heterocycles. The predicted octanol–water partition coefficient (Wildman–Crippen LogP) is 0.926. The number of amides is 1.